The number of rotatable bonds is 5. The zero-order valence-corrected chi connectivity index (χ0v) is 16.1. The number of alkyl halides is 3. The predicted octanol–water partition coefficient (Wildman–Crippen LogP) is 4.44. The van der Waals surface area contributed by atoms with Gasteiger partial charge in [-0.25, -0.2) is 0 Å². The molecule has 1 heterocycles. The second kappa shape index (κ2) is 8.24. The third kappa shape index (κ3) is 4.31. The number of nitrogens with one attached hydrogen (secondary N) is 1. The van der Waals surface area contributed by atoms with Crippen LogP contribution in [0.15, 0.2) is 53.7 Å². The predicted molar refractivity (Wildman–Crippen MR) is 102 cm³/mol. The van der Waals surface area contributed by atoms with E-state index in [4.69, 9.17) is 11.6 Å². The van der Waals surface area contributed by atoms with E-state index in [1.807, 2.05) is 0 Å². The summed E-state index contributed by atoms with van der Waals surface area (Å²) in [6.45, 7) is 0. The van der Waals surface area contributed by atoms with Gasteiger partial charge in [0, 0.05) is 17.6 Å². The molecular formula is C18H14ClF3N4OS. The first-order valence-corrected chi connectivity index (χ1v) is 9.39. The van der Waals surface area contributed by atoms with Gasteiger partial charge in [-0.05, 0) is 24.3 Å². The molecule has 0 saturated heterocycles. The Morgan fingerprint density at radius 1 is 1.18 bits per heavy atom. The minimum atomic E-state index is -4.57. The topological polar surface area (TPSA) is 59.8 Å². The maximum atomic E-state index is 13.6. The van der Waals surface area contributed by atoms with Gasteiger partial charge in [0.05, 0.1) is 17.0 Å². The van der Waals surface area contributed by atoms with Crippen molar-refractivity contribution >= 4 is 29.3 Å². The Morgan fingerprint density at radius 2 is 1.93 bits per heavy atom. The smallest absolute Gasteiger partial charge is 0.358 e. The van der Waals surface area contributed by atoms with E-state index >= 15 is 0 Å². The molecule has 146 valence electrons. The van der Waals surface area contributed by atoms with E-state index in [9.17, 15) is 18.0 Å². The number of carbonyl (C=O) groups excluding carboxylic acids is 1. The summed E-state index contributed by atoms with van der Waals surface area (Å²) in [5.74, 6) is -0.107. The van der Waals surface area contributed by atoms with Crippen molar-refractivity contribution < 1.29 is 18.0 Å². The Balaban J connectivity index is 2.20. The lowest BCUT2D eigenvalue weighted by Crippen LogP contribution is -2.20. The molecule has 0 unspecified atom stereocenters. The van der Waals surface area contributed by atoms with E-state index in [0.717, 1.165) is 17.8 Å². The van der Waals surface area contributed by atoms with Crippen LogP contribution in [0.5, 0.6) is 0 Å². The summed E-state index contributed by atoms with van der Waals surface area (Å²) in [5.41, 5.74) is -0.460. The van der Waals surface area contributed by atoms with Gasteiger partial charge in [0.1, 0.15) is 0 Å². The molecule has 5 nitrogen and oxygen atoms in total. The van der Waals surface area contributed by atoms with Crippen LogP contribution in [0.3, 0.4) is 0 Å². The Labute approximate surface area is 167 Å². The molecule has 3 rings (SSSR count). The summed E-state index contributed by atoms with van der Waals surface area (Å²) in [7, 11) is 1.48. The van der Waals surface area contributed by atoms with Gasteiger partial charge in [-0.15, -0.1) is 10.2 Å². The molecule has 0 aliphatic heterocycles. The van der Waals surface area contributed by atoms with Crippen LogP contribution in [0.25, 0.3) is 17.1 Å². The lowest BCUT2D eigenvalue weighted by molar-refractivity contribution is -0.137. The van der Waals surface area contributed by atoms with E-state index in [-0.39, 0.29) is 28.3 Å². The maximum absolute atomic E-state index is 13.6. The molecule has 0 saturated carbocycles. The summed E-state index contributed by atoms with van der Waals surface area (Å²) in [6.07, 6.45) is -4.57. The highest BCUT2D eigenvalue weighted by atomic mass is 35.5. The minimum Gasteiger partial charge on any atom is -0.358 e. The Morgan fingerprint density at radius 3 is 2.61 bits per heavy atom. The van der Waals surface area contributed by atoms with Gasteiger partial charge in [0.25, 0.3) is 0 Å². The highest BCUT2D eigenvalue weighted by Crippen LogP contribution is 2.37. The van der Waals surface area contributed by atoms with Gasteiger partial charge in [0.15, 0.2) is 11.0 Å². The molecule has 0 fully saturated rings. The van der Waals surface area contributed by atoms with Crippen LogP contribution >= 0.6 is 23.4 Å². The lowest BCUT2D eigenvalue weighted by atomic mass is 10.1. The molecular weight excluding hydrogens is 413 g/mol. The van der Waals surface area contributed by atoms with Gasteiger partial charge in [-0.2, -0.15) is 13.2 Å². The molecule has 0 bridgehead atoms. The minimum absolute atomic E-state index is 0.0155. The van der Waals surface area contributed by atoms with Gasteiger partial charge in [0.2, 0.25) is 5.91 Å². The standard InChI is InChI=1S/C18H14ClF3N4OS/c1-23-15(27)10-28-17-25-24-16(11-5-4-6-12(19)9-11)26(17)14-8-3-2-7-13(14)18(20,21)22/h2-9H,10H2,1H3,(H,23,27). The van der Waals surface area contributed by atoms with E-state index in [1.54, 1.807) is 24.3 Å². The summed E-state index contributed by atoms with van der Waals surface area (Å²) in [5, 5.41) is 11.1. The van der Waals surface area contributed by atoms with Crippen LogP contribution in [0.2, 0.25) is 5.02 Å². The van der Waals surface area contributed by atoms with Crippen molar-refractivity contribution in [3.05, 3.63) is 59.1 Å². The van der Waals surface area contributed by atoms with Crippen molar-refractivity contribution in [2.45, 2.75) is 11.3 Å². The summed E-state index contributed by atoms with van der Waals surface area (Å²) >= 11 is 7.02. The normalized spacial score (nSPS) is 11.5. The molecule has 0 atom stereocenters. The van der Waals surface area contributed by atoms with Crippen LogP contribution in [0.1, 0.15) is 5.56 Å². The van der Waals surface area contributed by atoms with E-state index < -0.39 is 11.7 Å². The number of aromatic nitrogens is 3. The molecule has 10 heteroatoms. The highest BCUT2D eigenvalue weighted by molar-refractivity contribution is 7.99. The molecule has 28 heavy (non-hydrogen) atoms. The van der Waals surface area contributed by atoms with Crippen molar-refractivity contribution in [3.63, 3.8) is 0 Å². The van der Waals surface area contributed by atoms with Crippen LogP contribution in [0.4, 0.5) is 13.2 Å². The number of hydrogen-bond acceptors (Lipinski definition) is 4. The maximum Gasteiger partial charge on any atom is 0.418 e. The Bertz CT molecular complexity index is 1010. The van der Waals surface area contributed by atoms with Crippen LogP contribution in [-0.2, 0) is 11.0 Å². The number of carbonyl (C=O) groups is 1. The monoisotopic (exact) mass is 426 g/mol. The fraction of sp³-hybridized carbons (Fsp3) is 0.167. The van der Waals surface area contributed by atoms with Gasteiger partial charge in [-0.3, -0.25) is 9.36 Å². The average molecular weight is 427 g/mol. The molecule has 0 aliphatic carbocycles. The molecule has 1 aromatic heterocycles. The van der Waals surface area contributed by atoms with Crippen molar-refractivity contribution in [1.82, 2.24) is 20.1 Å². The number of amides is 1. The van der Waals surface area contributed by atoms with Crippen LogP contribution in [0, 0.1) is 0 Å². The van der Waals surface area contributed by atoms with E-state index in [2.05, 4.69) is 15.5 Å². The van der Waals surface area contributed by atoms with Crippen molar-refractivity contribution in [2.75, 3.05) is 12.8 Å². The molecule has 0 spiro atoms. The van der Waals surface area contributed by atoms with E-state index in [1.165, 1.54) is 29.8 Å². The molecule has 1 amide bonds. The fourth-order valence-corrected chi connectivity index (χ4v) is 3.51. The van der Waals surface area contributed by atoms with Crippen molar-refractivity contribution in [1.29, 1.82) is 0 Å². The second-order valence-corrected chi connectivity index (χ2v) is 7.01. The summed E-state index contributed by atoms with van der Waals surface area (Å²) in [6, 6.07) is 11.7. The molecule has 0 radical (unpaired) electrons. The second-order valence-electron chi connectivity index (χ2n) is 5.63. The Hall–Kier alpha value is -2.52. The highest BCUT2D eigenvalue weighted by Gasteiger charge is 2.35. The molecule has 1 N–H and O–H groups in total. The number of halogens is 4. The quantitative estimate of drug-likeness (QED) is 0.612. The van der Waals surface area contributed by atoms with Crippen LogP contribution in [-0.4, -0.2) is 33.5 Å². The zero-order valence-electron chi connectivity index (χ0n) is 14.5. The fourth-order valence-electron chi connectivity index (χ4n) is 2.51. The average Bonchev–Trinajstić information content (AvgIpc) is 3.09. The first kappa shape index (κ1) is 20.2. The lowest BCUT2D eigenvalue weighted by Gasteiger charge is -2.16. The van der Waals surface area contributed by atoms with E-state index in [0.29, 0.717) is 10.6 Å². The number of benzene rings is 2. The van der Waals surface area contributed by atoms with Crippen LogP contribution < -0.4 is 5.32 Å². The first-order chi connectivity index (χ1) is 13.3. The van der Waals surface area contributed by atoms with Crippen molar-refractivity contribution in [3.8, 4) is 17.1 Å². The third-order valence-electron chi connectivity index (χ3n) is 3.78. The third-order valence-corrected chi connectivity index (χ3v) is 4.94. The molecule has 3 aromatic rings. The van der Waals surface area contributed by atoms with Gasteiger partial charge >= 0.3 is 6.18 Å². The number of hydrogen-bond donors (Lipinski definition) is 1. The van der Waals surface area contributed by atoms with Crippen molar-refractivity contribution in [2.24, 2.45) is 0 Å². The molecule has 2 aromatic carbocycles. The summed E-state index contributed by atoms with van der Waals surface area (Å²) in [4.78, 5) is 11.6. The zero-order chi connectivity index (χ0) is 20.3. The van der Waals surface area contributed by atoms with Gasteiger partial charge in [-0.1, -0.05) is 47.6 Å². The summed E-state index contributed by atoms with van der Waals surface area (Å²) < 4.78 is 42.1. The number of nitrogens with zero attached hydrogens (tertiary/aromatic N) is 3. The largest absolute Gasteiger partial charge is 0.418 e. The SMILES string of the molecule is CNC(=O)CSc1nnc(-c2cccc(Cl)c2)n1-c1ccccc1C(F)(F)F. The Kier molecular flexibility index (Phi) is 5.95. The number of thioether (sulfide) groups is 1. The first-order valence-electron chi connectivity index (χ1n) is 8.02. The number of para-hydroxylation sites is 1. The van der Waals surface area contributed by atoms with Gasteiger partial charge < -0.3 is 5.32 Å². The molecule has 0 aliphatic rings.